The fourth-order valence-electron chi connectivity index (χ4n) is 4.87. The lowest BCUT2D eigenvalue weighted by Crippen LogP contribution is -2.49. The van der Waals surface area contributed by atoms with Crippen LogP contribution in [0.15, 0.2) is 140 Å². The first-order valence-corrected chi connectivity index (χ1v) is 15.2. The van der Waals surface area contributed by atoms with Crippen LogP contribution in [-0.4, -0.2) is 33.8 Å². The largest absolute Gasteiger partial charge is 0.427 e. The molecule has 0 saturated carbocycles. The van der Waals surface area contributed by atoms with Crippen molar-refractivity contribution in [3.63, 3.8) is 0 Å². The summed E-state index contributed by atoms with van der Waals surface area (Å²) < 4.78 is 5.96. The van der Waals surface area contributed by atoms with Gasteiger partial charge in [0.15, 0.2) is 5.82 Å². The van der Waals surface area contributed by atoms with Crippen LogP contribution in [0.2, 0.25) is 0 Å². The van der Waals surface area contributed by atoms with Crippen molar-refractivity contribution >= 4 is 12.9 Å². The molecule has 221 valence electrons. The van der Waals surface area contributed by atoms with Gasteiger partial charge in [0.2, 0.25) is 0 Å². The number of rotatable bonds is 9. The summed E-state index contributed by atoms with van der Waals surface area (Å²) in [6.45, 7) is 7.24. The molecule has 1 aromatic heterocycles. The molecule has 0 unspecified atom stereocenters. The Kier molecular flexibility index (Phi) is 8.49. The van der Waals surface area contributed by atoms with Crippen molar-refractivity contribution in [2.75, 3.05) is 0 Å². The minimum absolute atomic E-state index is 0.645. The van der Waals surface area contributed by atoms with Gasteiger partial charge in [-0.2, -0.15) is 0 Å². The van der Waals surface area contributed by atoms with Gasteiger partial charge in [-0.15, -0.1) is 0 Å². The van der Waals surface area contributed by atoms with Crippen LogP contribution in [0.3, 0.4) is 0 Å². The summed E-state index contributed by atoms with van der Waals surface area (Å²) in [7, 11) is 1.69. The molecular formula is C40H36BN2O2. The van der Waals surface area contributed by atoms with E-state index in [-0.39, 0.29) is 0 Å². The summed E-state index contributed by atoms with van der Waals surface area (Å²) in [5.41, 5.74) is 8.48. The molecule has 0 aliphatic rings. The van der Waals surface area contributed by atoms with Gasteiger partial charge in [0.25, 0.3) is 0 Å². The Bertz CT molecular complexity index is 1760. The number of aromatic nitrogens is 2. The lowest BCUT2D eigenvalue weighted by atomic mass is 9.82. The van der Waals surface area contributed by atoms with Crippen molar-refractivity contribution in [2.45, 2.75) is 38.9 Å². The van der Waals surface area contributed by atoms with Crippen LogP contribution < -0.4 is 5.46 Å². The molecule has 0 aliphatic carbocycles. The zero-order valence-electron chi connectivity index (χ0n) is 26.1. The van der Waals surface area contributed by atoms with E-state index in [1.165, 1.54) is 11.1 Å². The van der Waals surface area contributed by atoms with E-state index in [0.29, 0.717) is 5.82 Å². The van der Waals surface area contributed by atoms with Crippen molar-refractivity contribution in [1.29, 1.82) is 0 Å². The molecule has 4 nitrogen and oxygen atoms in total. The Labute approximate surface area is 266 Å². The molecule has 0 spiro atoms. The molecule has 0 bridgehead atoms. The molecule has 1 radical (unpaired) electrons. The van der Waals surface area contributed by atoms with Crippen LogP contribution in [0.1, 0.15) is 27.7 Å². The SMILES string of the molecule is CC(C)(O)C(C)(C)O[B]c1ccc(-c2nc(-c3ccc(-c4ccccc4)cc3)cc(-c3ccc(-c4ccccc4)cc3)n2)cc1. The van der Waals surface area contributed by atoms with Crippen molar-refractivity contribution in [3.8, 4) is 56.2 Å². The van der Waals surface area contributed by atoms with Gasteiger partial charge >= 0.3 is 7.48 Å². The van der Waals surface area contributed by atoms with E-state index < -0.39 is 11.2 Å². The lowest BCUT2D eigenvalue weighted by molar-refractivity contribution is -0.0893. The maximum absolute atomic E-state index is 10.4. The summed E-state index contributed by atoms with van der Waals surface area (Å²) >= 11 is 0. The summed E-state index contributed by atoms with van der Waals surface area (Å²) in [5.74, 6) is 0.645. The molecule has 0 fully saturated rings. The number of hydrogen-bond donors (Lipinski definition) is 1. The zero-order chi connectivity index (χ0) is 31.4. The van der Waals surface area contributed by atoms with E-state index in [1.807, 2.05) is 50.2 Å². The van der Waals surface area contributed by atoms with Gasteiger partial charge in [0, 0.05) is 16.7 Å². The molecule has 0 amide bonds. The first-order chi connectivity index (χ1) is 21.7. The maximum atomic E-state index is 10.4. The Morgan fingerprint density at radius 3 is 1.29 bits per heavy atom. The van der Waals surface area contributed by atoms with E-state index >= 15 is 0 Å². The molecule has 45 heavy (non-hydrogen) atoms. The van der Waals surface area contributed by atoms with Crippen LogP contribution >= 0.6 is 0 Å². The molecule has 6 rings (SSSR count). The Morgan fingerprint density at radius 2 is 0.867 bits per heavy atom. The van der Waals surface area contributed by atoms with E-state index in [0.717, 1.165) is 44.7 Å². The summed E-state index contributed by atoms with van der Waals surface area (Å²) in [5, 5.41) is 10.4. The normalized spacial score (nSPS) is 11.8. The average molecular weight is 588 g/mol. The Balaban J connectivity index is 1.34. The topological polar surface area (TPSA) is 55.2 Å². The highest BCUT2D eigenvalue weighted by Crippen LogP contribution is 2.31. The van der Waals surface area contributed by atoms with E-state index in [1.54, 1.807) is 21.3 Å². The highest BCUT2D eigenvalue weighted by atomic mass is 16.5. The minimum atomic E-state index is -0.993. The third-order valence-corrected chi connectivity index (χ3v) is 8.43. The first-order valence-electron chi connectivity index (χ1n) is 15.2. The molecule has 1 N–H and O–H groups in total. The van der Waals surface area contributed by atoms with E-state index in [4.69, 9.17) is 14.6 Å². The fraction of sp³-hybridized carbons (Fsp3) is 0.150. The van der Waals surface area contributed by atoms with Gasteiger partial charge < -0.3 is 9.76 Å². The predicted octanol–water partition coefficient (Wildman–Crippen LogP) is 8.62. The van der Waals surface area contributed by atoms with Gasteiger partial charge in [-0.3, -0.25) is 0 Å². The van der Waals surface area contributed by atoms with E-state index in [9.17, 15) is 5.11 Å². The second-order valence-electron chi connectivity index (χ2n) is 12.3. The van der Waals surface area contributed by atoms with Gasteiger partial charge in [-0.25, -0.2) is 9.97 Å². The van der Waals surface area contributed by atoms with Crippen LogP contribution in [0.4, 0.5) is 0 Å². The molecule has 0 atom stereocenters. The second kappa shape index (κ2) is 12.6. The fourth-order valence-corrected chi connectivity index (χ4v) is 4.87. The van der Waals surface area contributed by atoms with Crippen LogP contribution in [-0.2, 0) is 4.65 Å². The smallest absolute Gasteiger partial charge is 0.330 e. The van der Waals surface area contributed by atoms with Crippen molar-refractivity contribution in [2.24, 2.45) is 0 Å². The number of benzene rings is 5. The highest BCUT2D eigenvalue weighted by Gasteiger charge is 2.35. The highest BCUT2D eigenvalue weighted by molar-refractivity contribution is 6.47. The van der Waals surface area contributed by atoms with E-state index in [2.05, 4.69) is 103 Å². The first kappa shape index (κ1) is 30.2. The van der Waals surface area contributed by atoms with Crippen LogP contribution in [0.25, 0.3) is 56.2 Å². The van der Waals surface area contributed by atoms with Gasteiger partial charge in [0.05, 0.1) is 22.6 Å². The Morgan fingerprint density at radius 1 is 0.489 bits per heavy atom. The minimum Gasteiger partial charge on any atom is -0.427 e. The molecule has 5 heteroatoms. The summed E-state index contributed by atoms with van der Waals surface area (Å²) in [6.07, 6.45) is 0. The lowest BCUT2D eigenvalue weighted by Gasteiger charge is -2.37. The maximum Gasteiger partial charge on any atom is 0.330 e. The van der Waals surface area contributed by atoms with Crippen molar-refractivity contribution < 1.29 is 9.76 Å². The predicted molar refractivity (Wildman–Crippen MR) is 186 cm³/mol. The van der Waals surface area contributed by atoms with Gasteiger partial charge in [-0.1, -0.05) is 139 Å². The van der Waals surface area contributed by atoms with Gasteiger partial charge in [-0.05, 0) is 56.0 Å². The summed E-state index contributed by atoms with van der Waals surface area (Å²) in [4.78, 5) is 10.1. The molecule has 5 aromatic carbocycles. The van der Waals surface area contributed by atoms with Crippen molar-refractivity contribution in [1.82, 2.24) is 9.97 Å². The van der Waals surface area contributed by atoms with Crippen LogP contribution in [0, 0.1) is 0 Å². The Hall–Kier alpha value is -4.84. The quantitative estimate of drug-likeness (QED) is 0.172. The monoisotopic (exact) mass is 587 g/mol. The third-order valence-electron chi connectivity index (χ3n) is 8.43. The van der Waals surface area contributed by atoms with Crippen molar-refractivity contribution in [3.05, 3.63) is 140 Å². The molecule has 1 heterocycles. The number of aliphatic hydroxyl groups is 1. The zero-order valence-corrected chi connectivity index (χ0v) is 26.1. The van der Waals surface area contributed by atoms with Crippen LogP contribution in [0.5, 0.6) is 0 Å². The third kappa shape index (κ3) is 6.96. The molecule has 0 aliphatic heterocycles. The average Bonchev–Trinajstić information content (AvgIpc) is 3.08. The molecule has 6 aromatic rings. The van der Waals surface area contributed by atoms with Gasteiger partial charge in [0.1, 0.15) is 0 Å². The molecule has 0 saturated heterocycles. The number of nitrogens with zero attached hydrogens (tertiary/aromatic N) is 2. The standard InChI is InChI=1S/C40H36BN2O2/c1-39(2,44)40(3,4)45-41-35-25-23-34(24-26-35)38-42-36(32-19-15-30(16-20-32)28-11-7-5-8-12-28)27-37(43-38)33-21-17-31(18-22-33)29-13-9-6-10-14-29/h5-27,44H,1-4H3. The molecular weight excluding hydrogens is 551 g/mol. The second-order valence-corrected chi connectivity index (χ2v) is 12.3. The summed E-state index contributed by atoms with van der Waals surface area (Å²) in [6, 6.07) is 47.8. The number of hydrogen-bond acceptors (Lipinski definition) is 4.